The number of carboxylic acids is 2. The van der Waals surface area contributed by atoms with Crippen LogP contribution in [0.25, 0.3) is 0 Å². The average Bonchev–Trinajstić information content (AvgIpc) is 2.49. The van der Waals surface area contributed by atoms with E-state index in [2.05, 4.69) is 4.99 Å². The number of aliphatic carboxylic acids is 1. The molecular formula is C16H19NO5. The molecule has 0 unspecified atom stereocenters. The van der Waals surface area contributed by atoms with Gasteiger partial charge in [0.15, 0.2) is 0 Å². The lowest BCUT2D eigenvalue weighted by molar-refractivity contribution is -0.143. The lowest BCUT2D eigenvalue weighted by atomic mass is 9.82. The van der Waals surface area contributed by atoms with E-state index < -0.39 is 11.9 Å². The van der Waals surface area contributed by atoms with E-state index in [0.717, 1.165) is 12.8 Å². The van der Waals surface area contributed by atoms with Crippen LogP contribution in [0.15, 0.2) is 23.2 Å². The maximum atomic E-state index is 10.9. The van der Waals surface area contributed by atoms with Crippen molar-refractivity contribution in [1.29, 1.82) is 0 Å². The van der Waals surface area contributed by atoms with Crippen molar-refractivity contribution in [3.63, 3.8) is 0 Å². The molecule has 6 nitrogen and oxygen atoms in total. The molecule has 0 radical (unpaired) electrons. The first-order valence-electron chi connectivity index (χ1n) is 7.26. The lowest BCUT2D eigenvalue weighted by Gasteiger charge is -2.24. The number of hydrogen-bond acceptors (Lipinski definition) is 4. The van der Waals surface area contributed by atoms with Gasteiger partial charge in [-0.05, 0) is 55.4 Å². The molecule has 0 aliphatic heterocycles. The van der Waals surface area contributed by atoms with Crippen LogP contribution in [0.2, 0.25) is 0 Å². The summed E-state index contributed by atoms with van der Waals surface area (Å²) in [6.07, 6.45) is 4.68. The Morgan fingerprint density at radius 2 is 1.86 bits per heavy atom. The fourth-order valence-corrected chi connectivity index (χ4v) is 2.70. The first-order chi connectivity index (χ1) is 10.5. The summed E-state index contributed by atoms with van der Waals surface area (Å²) in [5, 5.41) is 27.3. The first-order valence-corrected chi connectivity index (χ1v) is 7.26. The highest BCUT2D eigenvalue weighted by atomic mass is 16.4. The van der Waals surface area contributed by atoms with Crippen LogP contribution in [0.5, 0.6) is 5.75 Å². The Hall–Kier alpha value is -2.37. The summed E-state index contributed by atoms with van der Waals surface area (Å²) in [6.45, 7) is 0.607. The van der Waals surface area contributed by atoms with Gasteiger partial charge in [-0.2, -0.15) is 0 Å². The molecule has 3 N–H and O–H groups in total. The van der Waals surface area contributed by atoms with E-state index >= 15 is 0 Å². The van der Waals surface area contributed by atoms with Gasteiger partial charge in [0.2, 0.25) is 0 Å². The molecule has 1 saturated carbocycles. The standard InChI is InChI=1S/C16H19NO5/c18-14-6-3-11(7-13(14)16(21)22)9-17-8-10-1-4-12(5-2-10)15(19)20/h3,6-7,9-10,12,18H,1-2,4-5,8H2,(H,19,20)(H,21,22). The molecule has 1 aliphatic rings. The Bertz CT molecular complexity index is 588. The number of benzene rings is 1. The van der Waals surface area contributed by atoms with Gasteiger partial charge in [-0.3, -0.25) is 9.79 Å². The number of rotatable bonds is 5. The minimum Gasteiger partial charge on any atom is -0.507 e. The van der Waals surface area contributed by atoms with Crippen LogP contribution in [-0.4, -0.2) is 40.0 Å². The van der Waals surface area contributed by atoms with Crippen LogP contribution in [0.4, 0.5) is 0 Å². The Labute approximate surface area is 128 Å². The zero-order chi connectivity index (χ0) is 16.1. The number of aromatic hydroxyl groups is 1. The summed E-state index contributed by atoms with van der Waals surface area (Å²) >= 11 is 0. The molecule has 0 amide bonds. The maximum absolute atomic E-state index is 10.9. The second-order valence-electron chi connectivity index (χ2n) is 5.63. The van der Waals surface area contributed by atoms with E-state index in [1.165, 1.54) is 12.1 Å². The van der Waals surface area contributed by atoms with Gasteiger partial charge in [-0.1, -0.05) is 0 Å². The first kappa shape index (κ1) is 16.0. The number of phenols is 1. The molecule has 118 valence electrons. The minimum atomic E-state index is -1.18. The molecular weight excluding hydrogens is 286 g/mol. The van der Waals surface area contributed by atoms with E-state index in [1.54, 1.807) is 12.3 Å². The fourth-order valence-electron chi connectivity index (χ4n) is 2.70. The number of hydrogen-bond donors (Lipinski definition) is 3. The number of aliphatic imine (C=N–C) groups is 1. The summed E-state index contributed by atoms with van der Waals surface area (Å²) in [7, 11) is 0. The molecule has 0 bridgehead atoms. The Morgan fingerprint density at radius 3 is 2.45 bits per heavy atom. The van der Waals surface area contributed by atoms with Crippen LogP contribution >= 0.6 is 0 Å². The second-order valence-corrected chi connectivity index (χ2v) is 5.63. The van der Waals surface area contributed by atoms with Crippen molar-refractivity contribution in [3.8, 4) is 5.75 Å². The van der Waals surface area contributed by atoms with Crippen molar-refractivity contribution >= 4 is 18.2 Å². The van der Waals surface area contributed by atoms with Gasteiger partial charge >= 0.3 is 11.9 Å². The molecule has 0 atom stereocenters. The SMILES string of the molecule is O=C(O)c1cc(C=NCC2CCC(C(=O)O)CC2)ccc1O. The Kier molecular flexibility index (Phi) is 5.14. The van der Waals surface area contributed by atoms with Crippen molar-refractivity contribution in [2.75, 3.05) is 6.54 Å². The molecule has 0 saturated heterocycles. The van der Waals surface area contributed by atoms with Crippen molar-refractivity contribution in [2.45, 2.75) is 25.7 Å². The van der Waals surface area contributed by atoms with Crippen molar-refractivity contribution < 1.29 is 24.9 Å². The molecule has 0 aromatic heterocycles. The summed E-state index contributed by atoms with van der Waals surface area (Å²) < 4.78 is 0. The third kappa shape index (κ3) is 4.07. The molecule has 0 spiro atoms. The molecule has 6 heteroatoms. The van der Waals surface area contributed by atoms with E-state index in [0.29, 0.717) is 30.9 Å². The van der Waals surface area contributed by atoms with Gasteiger partial charge in [-0.25, -0.2) is 4.79 Å². The summed E-state index contributed by atoms with van der Waals surface area (Å²) in [6, 6.07) is 4.32. The second kappa shape index (κ2) is 7.06. The smallest absolute Gasteiger partial charge is 0.339 e. The van der Waals surface area contributed by atoms with Gasteiger partial charge in [0.05, 0.1) is 5.92 Å². The Morgan fingerprint density at radius 1 is 1.18 bits per heavy atom. The van der Waals surface area contributed by atoms with E-state index in [4.69, 9.17) is 10.2 Å². The van der Waals surface area contributed by atoms with Crippen LogP contribution in [-0.2, 0) is 4.79 Å². The number of carbonyl (C=O) groups is 2. The highest BCUT2D eigenvalue weighted by Crippen LogP contribution is 2.29. The van der Waals surface area contributed by atoms with Gasteiger partial charge < -0.3 is 15.3 Å². The summed E-state index contributed by atoms with van der Waals surface area (Å²) in [5.74, 6) is -2.01. The molecule has 1 aromatic carbocycles. The number of nitrogens with zero attached hydrogens (tertiary/aromatic N) is 1. The molecule has 1 aromatic rings. The van der Waals surface area contributed by atoms with E-state index in [9.17, 15) is 14.7 Å². The topological polar surface area (TPSA) is 107 Å². The maximum Gasteiger partial charge on any atom is 0.339 e. The van der Waals surface area contributed by atoms with Gasteiger partial charge in [0.25, 0.3) is 0 Å². The average molecular weight is 305 g/mol. The highest BCUT2D eigenvalue weighted by molar-refractivity contribution is 5.93. The molecule has 1 fully saturated rings. The van der Waals surface area contributed by atoms with Gasteiger partial charge in [0, 0.05) is 12.8 Å². The highest BCUT2D eigenvalue weighted by Gasteiger charge is 2.25. The lowest BCUT2D eigenvalue weighted by Crippen LogP contribution is -2.22. The van der Waals surface area contributed by atoms with Crippen LogP contribution in [0.3, 0.4) is 0 Å². The van der Waals surface area contributed by atoms with Crippen LogP contribution in [0.1, 0.15) is 41.6 Å². The largest absolute Gasteiger partial charge is 0.507 e. The zero-order valence-electron chi connectivity index (χ0n) is 12.1. The van der Waals surface area contributed by atoms with Gasteiger partial charge in [0.1, 0.15) is 11.3 Å². The Balaban J connectivity index is 1.90. The molecule has 2 rings (SSSR count). The molecule has 1 aliphatic carbocycles. The predicted octanol–water partition coefficient (Wildman–Crippen LogP) is 2.40. The molecule has 0 heterocycles. The monoisotopic (exact) mass is 305 g/mol. The van der Waals surface area contributed by atoms with Crippen LogP contribution < -0.4 is 0 Å². The third-order valence-electron chi connectivity index (χ3n) is 4.05. The normalized spacial score (nSPS) is 21.8. The zero-order valence-corrected chi connectivity index (χ0v) is 12.1. The van der Waals surface area contributed by atoms with E-state index in [1.807, 2.05) is 0 Å². The number of aromatic carboxylic acids is 1. The van der Waals surface area contributed by atoms with Crippen molar-refractivity contribution in [1.82, 2.24) is 0 Å². The van der Waals surface area contributed by atoms with Crippen molar-refractivity contribution in [3.05, 3.63) is 29.3 Å². The van der Waals surface area contributed by atoms with Gasteiger partial charge in [-0.15, -0.1) is 0 Å². The van der Waals surface area contributed by atoms with Crippen molar-refractivity contribution in [2.24, 2.45) is 16.8 Å². The summed E-state index contributed by atoms with van der Waals surface area (Å²) in [5.41, 5.74) is 0.473. The quantitative estimate of drug-likeness (QED) is 0.724. The summed E-state index contributed by atoms with van der Waals surface area (Å²) in [4.78, 5) is 26.1. The minimum absolute atomic E-state index is 0.147. The van der Waals surface area contributed by atoms with Crippen LogP contribution in [0, 0.1) is 11.8 Å². The third-order valence-corrected chi connectivity index (χ3v) is 4.05. The van der Waals surface area contributed by atoms with E-state index in [-0.39, 0.29) is 17.2 Å². The molecule has 22 heavy (non-hydrogen) atoms. The number of carboxylic acid groups (broad SMARTS) is 2. The predicted molar refractivity (Wildman–Crippen MR) is 80.6 cm³/mol. The fraction of sp³-hybridized carbons (Fsp3) is 0.438.